The fourth-order valence-corrected chi connectivity index (χ4v) is 4.52. The predicted molar refractivity (Wildman–Crippen MR) is 121 cm³/mol. The molecule has 1 heterocycles. The van der Waals surface area contributed by atoms with Crippen LogP contribution in [0, 0.1) is 0 Å². The molecule has 0 amide bonds. The third-order valence-electron chi connectivity index (χ3n) is 5.84. The van der Waals surface area contributed by atoms with Crippen LogP contribution in [0.3, 0.4) is 0 Å². The second-order valence-electron chi connectivity index (χ2n) is 7.45. The van der Waals surface area contributed by atoms with Crippen LogP contribution in [0.25, 0.3) is 49.0 Å². The second kappa shape index (κ2) is 5.97. The summed E-state index contributed by atoms with van der Waals surface area (Å²) < 4.78 is 0. The highest BCUT2D eigenvalue weighted by atomic mass is 14.8. The van der Waals surface area contributed by atoms with Crippen molar-refractivity contribution in [1.82, 2.24) is 5.32 Å². The molecule has 0 spiro atoms. The molecule has 5 aromatic rings. The highest BCUT2D eigenvalue weighted by molar-refractivity contribution is 6.25. The van der Waals surface area contributed by atoms with Gasteiger partial charge in [0, 0.05) is 6.54 Å². The molecule has 0 atom stereocenters. The summed E-state index contributed by atoms with van der Waals surface area (Å²) in [6.45, 7) is 0.883. The molecule has 1 aliphatic rings. The van der Waals surface area contributed by atoms with Gasteiger partial charge in [-0.15, -0.1) is 0 Å². The van der Waals surface area contributed by atoms with Gasteiger partial charge < -0.3 is 5.32 Å². The van der Waals surface area contributed by atoms with E-state index < -0.39 is 0 Å². The minimum absolute atomic E-state index is 0.883. The van der Waals surface area contributed by atoms with Gasteiger partial charge in [0.2, 0.25) is 0 Å². The van der Waals surface area contributed by atoms with Crippen molar-refractivity contribution in [2.45, 2.75) is 0 Å². The fourth-order valence-electron chi connectivity index (χ4n) is 4.52. The van der Waals surface area contributed by atoms with E-state index >= 15 is 0 Å². The number of nitrogens with one attached hydrogen (secondary N) is 1. The van der Waals surface area contributed by atoms with Crippen LogP contribution in [-0.4, -0.2) is 6.54 Å². The van der Waals surface area contributed by atoms with E-state index in [-0.39, 0.29) is 0 Å². The Morgan fingerprint density at radius 3 is 2.18 bits per heavy atom. The molecule has 1 N–H and O–H groups in total. The number of benzene rings is 5. The lowest BCUT2D eigenvalue weighted by Crippen LogP contribution is -2.08. The molecule has 0 unspecified atom stereocenters. The Morgan fingerprint density at radius 1 is 0.643 bits per heavy atom. The summed E-state index contributed by atoms with van der Waals surface area (Å²) in [5, 5.41) is 11.2. The van der Waals surface area contributed by atoms with Gasteiger partial charge >= 0.3 is 0 Å². The van der Waals surface area contributed by atoms with Gasteiger partial charge in [-0.25, -0.2) is 0 Å². The molecular weight excluding hydrogens is 338 g/mol. The van der Waals surface area contributed by atoms with Crippen LogP contribution in [0.5, 0.6) is 0 Å². The summed E-state index contributed by atoms with van der Waals surface area (Å²) in [5.41, 5.74) is 5.14. The first-order chi connectivity index (χ1) is 13.9. The quantitative estimate of drug-likeness (QED) is 0.345. The van der Waals surface area contributed by atoms with E-state index in [1.165, 1.54) is 54.6 Å². The molecule has 132 valence electrons. The minimum Gasteiger partial charge on any atom is -0.387 e. The Balaban J connectivity index is 1.68. The van der Waals surface area contributed by atoms with Crippen LogP contribution in [0.15, 0.2) is 97.2 Å². The standard InChI is InChI=1S/C27H19N/c1-2-4-18(5-3-1)23-16-21-7-6-20-8-10-24(19-12-14-28-15-13-19)25-11-9-22(17-23)26(21)27(20)25/h1-14,16-17,28H,15H2. The Hall–Kier alpha value is -3.58. The third-order valence-corrected chi connectivity index (χ3v) is 5.84. The molecule has 1 aliphatic heterocycles. The van der Waals surface area contributed by atoms with E-state index in [0.717, 1.165) is 6.54 Å². The molecule has 0 radical (unpaired) electrons. The van der Waals surface area contributed by atoms with Crippen molar-refractivity contribution in [3.05, 3.63) is 103 Å². The van der Waals surface area contributed by atoms with Gasteiger partial charge in [0.05, 0.1) is 0 Å². The van der Waals surface area contributed by atoms with E-state index in [1.54, 1.807) is 0 Å². The van der Waals surface area contributed by atoms with Crippen LogP contribution in [0.2, 0.25) is 0 Å². The predicted octanol–water partition coefficient (Wildman–Crippen LogP) is 6.75. The number of hydrogen-bond acceptors (Lipinski definition) is 1. The van der Waals surface area contributed by atoms with Gasteiger partial charge in [0.15, 0.2) is 0 Å². The maximum Gasteiger partial charge on any atom is 0.0334 e. The molecule has 0 aromatic heterocycles. The van der Waals surface area contributed by atoms with Gasteiger partial charge in [-0.3, -0.25) is 0 Å². The van der Waals surface area contributed by atoms with Crippen molar-refractivity contribution in [2.75, 3.05) is 6.54 Å². The van der Waals surface area contributed by atoms with Crippen molar-refractivity contribution in [3.8, 4) is 11.1 Å². The topological polar surface area (TPSA) is 12.0 Å². The van der Waals surface area contributed by atoms with Crippen molar-refractivity contribution < 1.29 is 0 Å². The molecule has 0 saturated heterocycles. The molecule has 5 aromatic carbocycles. The zero-order valence-corrected chi connectivity index (χ0v) is 15.4. The first kappa shape index (κ1) is 15.5. The van der Waals surface area contributed by atoms with Gasteiger partial charge in [-0.2, -0.15) is 0 Å². The Labute approximate surface area is 164 Å². The Bertz CT molecular complexity index is 1370. The summed E-state index contributed by atoms with van der Waals surface area (Å²) in [4.78, 5) is 0. The first-order valence-electron chi connectivity index (χ1n) is 9.76. The molecule has 1 heteroatoms. The van der Waals surface area contributed by atoms with Crippen molar-refractivity contribution in [3.63, 3.8) is 0 Å². The van der Waals surface area contributed by atoms with Crippen molar-refractivity contribution in [1.29, 1.82) is 0 Å². The molecular formula is C27H19N. The maximum atomic E-state index is 3.25. The maximum absolute atomic E-state index is 3.25. The average molecular weight is 357 g/mol. The van der Waals surface area contributed by atoms with E-state index in [2.05, 4.69) is 96.3 Å². The number of rotatable bonds is 2. The highest BCUT2D eigenvalue weighted by Crippen LogP contribution is 2.40. The zero-order valence-electron chi connectivity index (χ0n) is 15.4. The summed E-state index contributed by atoms with van der Waals surface area (Å²) in [6.07, 6.45) is 6.47. The van der Waals surface area contributed by atoms with Crippen molar-refractivity contribution >= 4 is 37.9 Å². The van der Waals surface area contributed by atoms with E-state index in [0.29, 0.717) is 0 Å². The van der Waals surface area contributed by atoms with E-state index in [1.807, 2.05) is 6.20 Å². The van der Waals surface area contributed by atoms with Crippen LogP contribution < -0.4 is 5.32 Å². The summed E-state index contributed by atoms with van der Waals surface area (Å²) in [5.74, 6) is 0. The number of allylic oxidation sites excluding steroid dienone is 2. The van der Waals surface area contributed by atoms with Crippen LogP contribution >= 0.6 is 0 Å². The summed E-state index contributed by atoms with van der Waals surface area (Å²) in [6, 6.07) is 28.9. The molecule has 28 heavy (non-hydrogen) atoms. The third kappa shape index (κ3) is 2.26. The normalized spacial score (nSPS) is 13.9. The minimum atomic E-state index is 0.883. The van der Waals surface area contributed by atoms with Crippen LogP contribution in [0.4, 0.5) is 0 Å². The molecule has 0 bridgehead atoms. The largest absolute Gasteiger partial charge is 0.387 e. The first-order valence-corrected chi connectivity index (χ1v) is 9.76. The van der Waals surface area contributed by atoms with E-state index in [9.17, 15) is 0 Å². The lowest BCUT2D eigenvalue weighted by molar-refractivity contribution is 0.976. The SMILES string of the molecule is C1=CC(c2ccc3ccc4cc(-c5ccccc5)cc5ccc2c3c45)=CCN1. The number of dihydropyridines is 1. The highest BCUT2D eigenvalue weighted by Gasteiger charge is 2.14. The van der Waals surface area contributed by atoms with Gasteiger partial charge in [-0.1, -0.05) is 72.8 Å². The van der Waals surface area contributed by atoms with Crippen LogP contribution in [0.1, 0.15) is 5.56 Å². The van der Waals surface area contributed by atoms with Gasteiger partial charge in [0.25, 0.3) is 0 Å². The lowest BCUT2D eigenvalue weighted by atomic mass is 9.88. The van der Waals surface area contributed by atoms with Crippen LogP contribution in [-0.2, 0) is 0 Å². The van der Waals surface area contributed by atoms with E-state index in [4.69, 9.17) is 0 Å². The Kier molecular flexibility index (Phi) is 3.30. The fraction of sp³-hybridized carbons (Fsp3) is 0.0370. The smallest absolute Gasteiger partial charge is 0.0334 e. The van der Waals surface area contributed by atoms with Gasteiger partial charge in [-0.05, 0) is 79.0 Å². The molecule has 1 nitrogen and oxygen atoms in total. The monoisotopic (exact) mass is 357 g/mol. The average Bonchev–Trinajstić information content (AvgIpc) is 2.78. The summed E-state index contributed by atoms with van der Waals surface area (Å²) in [7, 11) is 0. The second-order valence-corrected chi connectivity index (χ2v) is 7.45. The summed E-state index contributed by atoms with van der Waals surface area (Å²) >= 11 is 0. The molecule has 0 saturated carbocycles. The zero-order chi connectivity index (χ0) is 18.5. The molecule has 0 fully saturated rings. The molecule has 0 aliphatic carbocycles. The lowest BCUT2D eigenvalue weighted by Gasteiger charge is -2.17. The number of hydrogen-bond donors (Lipinski definition) is 1. The molecule has 6 rings (SSSR count). The van der Waals surface area contributed by atoms with Crippen molar-refractivity contribution in [2.24, 2.45) is 0 Å². The van der Waals surface area contributed by atoms with Gasteiger partial charge in [0.1, 0.15) is 0 Å². The Morgan fingerprint density at radius 2 is 1.39 bits per heavy atom.